The van der Waals surface area contributed by atoms with Gasteiger partial charge in [-0.15, -0.1) is 13.2 Å². The molecule has 0 aromatic heterocycles. The minimum atomic E-state index is -4.69. The Balaban J connectivity index is 2.78. The van der Waals surface area contributed by atoms with Crippen LogP contribution in [0.2, 0.25) is 0 Å². The Labute approximate surface area is 90.2 Å². The van der Waals surface area contributed by atoms with Crippen molar-refractivity contribution >= 4 is 6.41 Å². The van der Waals surface area contributed by atoms with Crippen LogP contribution in [0.5, 0.6) is 5.75 Å². The quantitative estimate of drug-likeness (QED) is 0.809. The van der Waals surface area contributed by atoms with E-state index in [-0.39, 0.29) is 12.3 Å². The van der Waals surface area contributed by atoms with Crippen molar-refractivity contribution in [2.24, 2.45) is 0 Å². The number of ether oxygens (including phenoxy) is 1. The molecule has 0 atom stereocenters. The molecule has 0 bridgehead atoms. The molecule has 1 aromatic carbocycles. The van der Waals surface area contributed by atoms with E-state index in [1.165, 1.54) is 18.2 Å². The van der Waals surface area contributed by atoms with Crippen molar-refractivity contribution in [2.45, 2.75) is 19.8 Å². The fourth-order valence-corrected chi connectivity index (χ4v) is 1.22. The third-order valence-electron chi connectivity index (χ3n) is 1.92. The molecule has 0 radical (unpaired) electrons. The van der Waals surface area contributed by atoms with Gasteiger partial charge in [0.2, 0.25) is 6.41 Å². The summed E-state index contributed by atoms with van der Waals surface area (Å²) in [6.07, 6.45) is -4.16. The first-order valence-corrected chi connectivity index (χ1v) is 4.44. The summed E-state index contributed by atoms with van der Waals surface area (Å²) in [5.74, 6) is -0.264. The summed E-state index contributed by atoms with van der Waals surface area (Å²) in [4.78, 5) is 10.1. The third kappa shape index (κ3) is 3.80. The van der Waals surface area contributed by atoms with Gasteiger partial charge in [-0.05, 0) is 30.2 Å². The van der Waals surface area contributed by atoms with Crippen molar-refractivity contribution < 1.29 is 22.7 Å². The number of halogens is 3. The van der Waals surface area contributed by atoms with Crippen LogP contribution in [0.15, 0.2) is 18.2 Å². The van der Waals surface area contributed by atoms with Gasteiger partial charge in [-0.2, -0.15) is 0 Å². The molecule has 0 unspecified atom stereocenters. The van der Waals surface area contributed by atoms with E-state index in [1.54, 1.807) is 6.92 Å². The Morgan fingerprint density at radius 2 is 2.12 bits per heavy atom. The van der Waals surface area contributed by atoms with Crippen LogP contribution in [0, 0.1) is 6.92 Å². The summed E-state index contributed by atoms with van der Waals surface area (Å²) in [6.45, 7) is 1.92. The van der Waals surface area contributed by atoms with Crippen LogP contribution in [0.1, 0.15) is 11.1 Å². The topological polar surface area (TPSA) is 38.3 Å². The second-order valence-electron chi connectivity index (χ2n) is 3.13. The largest absolute Gasteiger partial charge is 0.573 e. The van der Waals surface area contributed by atoms with Gasteiger partial charge in [0.1, 0.15) is 5.75 Å². The van der Waals surface area contributed by atoms with Crippen LogP contribution in [0.4, 0.5) is 13.2 Å². The second-order valence-corrected chi connectivity index (χ2v) is 3.13. The predicted octanol–water partition coefficient (Wildman–Crippen LogP) is 2.14. The van der Waals surface area contributed by atoms with Crippen LogP contribution >= 0.6 is 0 Å². The van der Waals surface area contributed by atoms with E-state index in [0.717, 1.165) is 5.56 Å². The van der Waals surface area contributed by atoms with Gasteiger partial charge in [0.05, 0.1) is 0 Å². The van der Waals surface area contributed by atoms with Crippen molar-refractivity contribution in [3.05, 3.63) is 29.3 Å². The Kier molecular flexibility index (Phi) is 3.76. The number of amides is 1. The molecule has 0 spiro atoms. The van der Waals surface area contributed by atoms with Crippen LogP contribution < -0.4 is 10.1 Å². The van der Waals surface area contributed by atoms with E-state index < -0.39 is 6.36 Å². The molecule has 0 aliphatic heterocycles. The molecule has 16 heavy (non-hydrogen) atoms. The minimum absolute atomic E-state index is 0.264. The van der Waals surface area contributed by atoms with Gasteiger partial charge >= 0.3 is 6.36 Å². The van der Waals surface area contributed by atoms with Crippen LogP contribution in [-0.4, -0.2) is 12.8 Å². The average molecular weight is 233 g/mol. The molecule has 6 heteroatoms. The maximum Gasteiger partial charge on any atom is 0.573 e. The summed E-state index contributed by atoms with van der Waals surface area (Å²) in [5.41, 5.74) is 1.36. The summed E-state index contributed by atoms with van der Waals surface area (Å²) in [6, 6.07) is 3.96. The van der Waals surface area contributed by atoms with Crippen molar-refractivity contribution in [3.63, 3.8) is 0 Å². The first-order valence-electron chi connectivity index (χ1n) is 4.44. The third-order valence-corrected chi connectivity index (χ3v) is 1.92. The molecule has 1 aromatic rings. The number of aryl methyl sites for hydroxylation is 1. The highest BCUT2D eigenvalue weighted by atomic mass is 19.4. The van der Waals surface area contributed by atoms with Gasteiger partial charge in [-0.1, -0.05) is 6.07 Å². The highest BCUT2D eigenvalue weighted by Gasteiger charge is 2.31. The van der Waals surface area contributed by atoms with E-state index >= 15 is 0 Å². The maximum absolute atomic E-state index is 11.9. The molecule has 0 aliphatic rings. The van der Waals surface area contributed by atoms with Gasteiger partial charge in [-0.3, -0.25) is 4.79 Å². The van der Waals surface area contributed by atoms with E-state index in [4.69, 9.17) is 0 Å². The average Bonchev–Trinajstić information content (AvgIpc) is 2.14. The molecular weight excluding hydrogens is 223 g/mol. The number of rotatable bonds is 4. The molecule has 1 amide bonds. The molecular formula is C10H10F3NO2. The molecule has 0 heterocycles. The lowest BCUT2D eigenvalue weighted by atomic mass is 10.1. The number of hydrogen-bond donors (Lipinski definition) is 1. The zero-order valence-electron chi connectivity index (χ0n) is 8.47. The number of alkyl halides is 3. The van der Waals surface area contributed by atoms with E-state index in [2.05, 4.69) is 10.1 Å². The Hall–Kier alpha value is -1.72. The smallest absolute Gasteiger partial charge is 0.406 e. The van der Waals surface area contributed by atoms with Gasteiger partial charge in [0, 0.05) is 6.54 Å². The molecule has 0 saturated carbocycles. The zero-order chi connectivity index (χ0) is 12.2. The van der Waals surface area contributed by atoms with Gasteiger partial charge in [0.25, 0.3) is 0 Å². The van der Waals surface area contributed by atoms with Crippen LogP contribution in [0.25, 0.3) is 0 Å². The van der Waals surface area contributed by atoms with E-state index in [0.29, 0.717) is 12.0 Å². The van der Waals surface area contributed by atoms with Crippen molar-refractivity contribution in [2.75, 3.05) is 0 Å². The highest BCUT2D eigenvalue weighted by molar-refractivity contribution is 5.47. The summed E-state index contributed by atoms with van der Waals surface area (Å²) < 4.78 is 39.4. The lowest BCUT2D eigenvalue weighted by Gasteiger charge is -2.11. The number of hydrogen-bond acceptors (Lipinski definition) is 2. The first-order chi connectivity index (χ1) is 7.42. The number of nitrogens with one attached hydrogen (secondary N) is 1. The molecule has 1 rings (SSSR count). The van der Waals surface area contributed by atoms with Gasteiger partial charge in [0.15, 0.2) is 0 Å². The van der Waals surface area contributed by atoms with Crippen molar-refractivity contribution in [1.82, 2.24) is 5.32 Å². The number of benzene rings is 1. The summed E-state index contributed by atoms with van der Waals surface area (Å²) >= 11 is 0. The van der Waals surface area contributed by atoms with Crippen molar-refractivity contribution in [3.8, 4) is 5.75 Å². The molecule has 1 N–H and O–H groups in total. The second kappa shape index (κ2) is 4.87. The van der Waals surface area contributed by atoms with Gasteiger partial charge in [-0.25, -0.2) is 0 Å². The highest BCUT2D eigenvalue weighted by Crippen LogP contribution is 2.24. The van der Waals surface area contributed by atoms with Crippen molar-refractivity contribution in [1.29, 1.82) is 0 Å². The normalized spacial score (nSPS) is 11.0. The standard InChI is InChI=1S/C10H10F3NO2/c1-7-4-9(16-10(11,12)13)3-2-8(7)5-14-6-15/h2-4,6H,5H2,1H3,(H,14,15). The minimum Gasteiger partial charge on any atom is -0.406 e. The first kappa shape index (κ1) is 12.4. The lowest BCUT2D eigenvalue weighted by Crippen LogP contribution is -2.17. The number of carbonyl (C=O) groups is 1. The van der Waals surface area contributed by atoms with Crippen LogP contribution in [-0.2, 0) is 11.3 Å². The Morgan fingerprint density at radius 1 is 1.44 bits per heavy atom. The Morgan fingerprint density at radius 3 is 2.62 bits per heavy atom. The fourth-order valence-electron chi connectivity index (χ4n) is 1.22. The van der Waals surface area contributed by atoms with E-state index in [9.17, 15) is 18.0 Å². The predicted molar refractivity (Wildman–Crippen MR) is 50.8 cm³/mol. The molecule has 88 valence electrons. The summed E-state index contributed by atoms with van der Waals surface area (Å²) in [5, 5.41) is 2.43. The van der Waals surface area contributed by atoms with E-state index in [1.807, 2.05) is 0 Å². The zero-order valence-corrected chi connectivity index (χ0v) is 8.47. The van der Waals surface area contributed by atoms with Gasteiger partial charge < -0.3 is 10.1 Å². The molecule has 0 fully saturated rings. The number of carbonyl (C=O) groups excluding carboxylic acids is 1. The summed E-state index contributed by atoms with van der Waals surface area (Å²) in [7, 11) is 0. The monoisotopic (exact) mass is 233 g/mol. The molecule has 3 nitrogen and oxygen atoms in total. The lowest BCUT2D eigenvalue weighted by molar-refractivity contribution is -0.274. The fraction of sp³-hybridized carbons (Fsp3) is 0.300. The molecule has 0 saturated heterocycles. The SMILES string of the molecule is Cc1cc(OC(F)(F)F)ccc1CNC=O. The molecule has 0 aliphatic carbocycles. The maximum atomic E-state index is 11.9. The Bertz CT molecular complexity index is 377. The van der Waals surface area contributed by atoms with Crippen LogP contribution in [0.3, 0.4) is 0 Å².